The average molecular weight is 228 g/mol. The largest absolute Gasteiger partial charge is 0.508 e. The molecule has 0 radical (unpaired) electrons. The lowest BCUT2D eigenvalue weighted by Crippen LogP contribution is -1.99. The van der Waals surface area contributed by atoms with Crippen LogP contribution in [0.1, 0.15) is 19.4 Å². The first-order chi connectivity index (χ1) is 7.00. The minimum atomic E-state index is -2.56. The van der Waals surface area contributed by atoms with Crippen LogP contribution in [0.4, 0.5) is 0 Å². The number of phenols is 1. The molecule has 0 bridgehead atoms. The van der Waals surface area contributed by atoms with Gasteiger partial charge in [-0.2, -0.15) is 0 Å². The van der Waals surface area contributed by atoms with E-state index in [2.05, 4.69) is 0 Å². The van der Waals surface area contributed by atoms with Gasteiger partial charge in [-0.05, 0) is 18.6 Å². The van der Waals surface area contributed by atoms with E-state index < -0.39 is 7.37 Å². The van der Waals surface area contributed by atoms with Gasteiger partial charge in [0.15, 0.2) is 0 Å². The molecule has 0 saturated heterocycles. The summed E-state index contributed by atoms with van der Waals surface area (Å²) in [7, 11) is -2.56. The molecule has 0 aliphatic heterocycles. The molecule has 0 fully saturated rings. The van der Waals surface area contributed by atoms with Crippen molar-refractivity contribution in [2.75, 3.05) is 12.3 Å². The topological polar surface area (TPSA) is 46.5 Å². The zero-order valence-electron chi connectivity index (χ0n) is 9.36. The molecule has 3 nitrogen and oxygen atoms in total. The number of hydrogen-bond acceptors (Lipinski definition) is 3. The molecular formula is C11H17O3P. The fourth-order valence-electron chi connectivity index (χ4n) is 1.22. The number of aryl methyl sites for hydroxylation is 1. The van der Waals surface area contributed by atoms with Crippen molar-refractivity contribution in [3.8, 4) is 11.5 Å². The smallest absolute Gasteiger partial charge is 0.247 e. The Morgan fingerprint density at radius 1 is 1.33 bits per heavy atom. The summed E-state index contributed by atoms with van der Waals surface area (Å²) in [5.41, 5.74) is 0.884. The fourth-order valence-corrected chi connectivity index (χ4v) is 2.48. The average Bonchev–Trinajstić information content (AvgIpc) is 2.23. The summed E-state index contributed by atoms with van der Waals surface area (Å²) < 4.78 is 17.6. The molecular weight excluding hydrogens is 211 g/mol. The third-order valence-electron chi connectivity index (χ3n) is 2.40. The molecule has 0 aliphatic rings. The number of phenolic OH excluding ortho intramolecular Hbond substituents is 1. The van der Waals surface area contributed by atoms with Crippen LogP contribution in [0.15, 0.2) is 18.2 Å². The van der Waals surface area contributed by atoms with E-state index in [1.807, 2.05) is 20.8 Å². The second kappa shape index (κ2) is 4.71. The maximum Gasteiger partial charge on any atom is 0.247 e. The van der Waals surface area contributed by atoms with Gasteiger partial charge < -0.3 is 9.63 Å². The zero-order chi connectivity index (χ0) is 11.5. The number of rotatable bonds is 4. The van der Waals surface area contributed by atoms with Gasteiger partial charge in [-0.3, -0.25) is 4.57 Å². The lowest BCUT2D eigenvalue weighted by molar-refractivity contribution is 0.461. The summed E-state index contributed by atoms with van der Waals surface area (Å²) in [6.07, 6.45) is 1.02. The normalized spacial score (nSPS) is 11.4. The molecule has 15 heavy (non-hydrogen) atoms. The highest BCUT2D eigenvalue weighted by Crippen LogP contribution is 2.47. The molecule has 84 valence electrons. The van der Waals surface area contributed by atoms with E-state index in [0.29, 0.717) is 18.1 Å². The third kappa shape index (κ3) is 3.00. The number of aromatic hydroxyl groups is 1. The Kier molecular flexibility index (Phi) is 3.81. The van der Waals surface area contributed by atoms with Gasteiger partial charge in [0.05, 0.1) is 0 Å². The van der Waals surface area contributed by atoms with E-state index in [4.69, 9.17) is 4.52 Å². The quantitative estimate of drug-likeness (QED) is 0.803. The third-order valence-corrected chi connectivity index (χ3v) is 4.86. The van der Waals surface area contributed by atoms with Gasteiger partial charge in [-0.1, -0.05) is 19.9 Å². The first-order valence-electron chi connectivity index (χ1n) is 5.08. The highest BCUT2D eigenvalue weighted by atomic mass is 31.2. The van der Waals surface area contributed by atoms with Gasteiger partial charge in [0, 0.05) is 18.4 Å². The van der Waals surface area contributed by atoms with Crippen LogP contribution in [0.5, 0.6) is 11.5 Å². The molecule has 0 amide bonds. The van der Waals surface area contributed by atoms with Crippen LogP contribution < -0.4 is 4.52 Å². The maximum absolute atomic E-state index is 12.1. The summed E-state index contributed by atoms with van der Waals surface area (Å²) >= 11 is 0. The molecule has 1 aromatic rings. The zero-order valence-corrected chi connectivity index (χ0v) is 10.3. The standard InChI is InChI=1S/C11H17O3P/c1-4-15(13,5-2)14-11-8-10(12)7-6-9(11)3/h6-8,12H,4-5H2,1-3H3. The van der Waals surface area contributed by atoms with Crippen molar-refractivity contribution < 1.29 is 14.2 Å². The maximum atomic E-state index is 12.1. The van der Waals surface area contributed by atoms with Crippen LogP contribution in [0, 0.1) is 6.92 Å². The van der Waals surface area contributed by atoms with Gasteiger partial charge in [-0.25, -0.2) is 0 Å². The van der Waals surface area contributed by atoms with E-state index in [9.17, 15) is 9.67 Å². The molecule has 0 unspecified atom stereocenters. The lowest BCUT2D eigenvalue weighted by atomic mass is 10.2. The molecule has 0 aliphatic carbocycles. The van der Waals surface area contributed by atoms with Crippen molar-refractivity contribution in [3.05, 3.63) is 23.8 Å². The van der Waals surface area contributed by atoms with Gasteiger partial charge >= 0.3 is 0 Å². The summed E-state index contributed by atoms with van der Waals surface area (Å²) in [5, 5.41) is 9.31. The lowest BCUT2D eigenvalue weighted by Gasteiger charge is -2.17. The van der Waals surface area contributed by atoms with E-state index in [1.165, 1.54) is 6.07 Å². The minimum absolute atomic E-state index is 0.134. The molecule has 1 N–H and O–H groups in total. The van der Waals surface area contributed by atoms with Crippen LogP contribution in [0.3, 0.4) is 0 Å². The Morgan fingerprint density at radius 2 is 1.93 bits per heavy atom. The number of hydrogen-bond donors (Lipinski definition) is 1. The second-order valence-corrected chi connectivity index (χ2v) is 6.56. The molecule has 0 spiro atoms. The summed E-state index contributed by atoms with van der Waals surface area (Å²) in [4.78, 5) is 0. The van der Waals surface area contributed by atoms with Crippen molar-refractivity contribution >= 4 is 7.37 Å². The van der Waals surface area contributed by atoms with Crippen LogP contribution in [-0.4, -0.2) is 17.4 Å². The first-order valence-corrected chi connectivity index (χ1v) is 7.07. The van der Waals surface area contributed by atoms with Gasteiger partial charge in [0.2, 0.25) is 7.37 Å². The predicted octanol–water partition coefficient (Wildman–Crippen LogP) is 3.40. The summed E-state index contributed by atoms with van der Waals surface area (Å²) in [6.45, 7) is 5.56. The molecule has 1 rings (SSSR count). The van der Waals surface area contributed by atoms with Gasteiger partial charge in [-0.15, -0.1) is 0 Å². The van der Waals surface area contributed by atoms with Crippen LogP contribution in [0.25, 0.3) is 0 Å². The number of benzene rings is 1. The van der Waals surface area contributed by atoms with Gasteiger partial charge in [0.1, 0.15) is 11.5 Å². The summed E-state index contributed by atoms with van der Waals surface area (Å²) in [6, 6.07) is 4.85. The van der Waals surface area contributed by atoms with Crippen molar-refractivity contribution in [2.45, 2.75) is 20.8 Å². The van der Waals surface area contributed by atoms with Crippen molar-refractivity contribution in [1.29, 1.82) is 0 Å². The molecule has 0 saturated carbocycles. The predicted molar refractivity (Wildman–Crippen MR) is 62.2 cm³/mol. The molecule has 4 heteroatoms. The SMILES string of the molecule is CCP(=O)(CC)Oc1cc(O)ccc1C. The van der Waals surface area contributed by atoms with Crippen LogP contribution >= 0.6 is 7.37 Å². The molecule has 0 heterocycles. The van der Waals surface area contributed by atoms with E-state index in [1.54, 1.807) is 12.1 Å². The Morgan fingerprint density at radius 3 is 2.47 bits per heavy atom. The second-order valence-electron chi connectivity index (χ2n) is 3.49. The highest BCUT2D eigenvalue weighted by Gasteiger charge is 2.20. The first kappa shape index (κ1) is 12.1. The Hall–Kier alpha value is -0.950. The van der Waals surface area contributed by atoms with Crippen molar-refractivity contribution in [3.63, 3.8) is 0 Å². The van der Waals surface area contributed by atoms with E-state index in [0.717, 1.165) is 5.56 Å². The summed E-state index contributed by atoms with van der Waals surface area (Å²) in [5.74, 6) is 0.649. The molecule has 0 aromatic heterocycles. The Labute approximate surface area is 90.5 Å². The van der Waals surface area contributed by atoms with E-state index >= 15 is 0 Å². The van der Waals surface area contributed by atoms with Crippen LogP contribution in [-0.2, 0) is 4.57 Å². The highest BCUT2D eigenvalue weighted by molar-refractivity contribution is 7.59. The monoisotopic (exact) mass is 228 g/mol. The Bertz CT molecular complexity index is 379. The fraction of sp³-hybridized carbons (Fsp3) is 0.455. The van der Waals surface area contributed by atoms with Crippen molar-refractivity contribution in [2.24, 2.45) is 0 Å². The van der Waals surface area contributed by atoms with Gasteiger partial charge in [0.25, 0.3) is 0 Å². The molecule has 0 atom stereocenters. The van der Waals surface area contributed by atoms with E-state index in [-0.39, 0.29) is 5.75 Å². The van der Waals surface area contributed by atoms with Crippen molar-refractivity contribution in [1.82, 2.24) is 0 Å². The molecule has 1 aromatic carbocycles. The minimum Gasteiger partial charge on any atom is -0.508 e. The Balaban J connectivity index is 2.98. The van der Waals surface area contributed by atoms with Crippen LogP contribution in [0.2, 0.25) is 0 Å².